The van der Waals surface area contributed by atoms with Crippen molar-refractivity contribution in [3.8, 4) is 5.75 Å². The fourth-order valence-electron chi connectivity index (χ4n) is 1.74. The van der Waals surface area contributed by atoms with Crippen molar-refractivity contribution < 1.29 is 14.6 Å². The molecule has 0 aliphatic heterocycles. The van der Waals surface area contributed by atoms with Gasteiger partial charge in [0.15, 0.2) is 5.78 Å². The number of ether oxygens (including phenoxy) is 1. The molecule has 0 fully saturated rings. The maximum atomic E-state index is 12.3. The number of carbonyl (C=O) groups is 1. The van der Waals surface area contributed by atoms with Crippen LogP contribution in [0.2, 0.25) is 0 Å². The van der Waals surface area contributed by atoms with Gasteiger partial charge in [0, 0.05) is 11.1 Å². The number of ketones is 1. The monoisotopic (exact) mass is 320 g/mol. The summed E-state index contributed by atoms with van der Waals surface area (Å²) in [7, 11) is 1.58. The van der Waals surface area contributed by atoms with Crippen LogP contribution in [-0.2, 0) is 6.61 Å². The molecule has 0 aliphatic carbocycles. The van der Waals surface area contributed by atoms with Gasteiger partial charge in [0.1, 0.15) is 5.75 Å². The zero-order valence-corrected chi connectivity index (χ0v) is 12.0. The molecule has 0 saturated carbocycles. The maximum absolute atomic E-state index is 12.3. The van der Waals surface area contributed by atoms with Gasteiger partial charge >= 0.3 is 0 Å². The van der Waals surface area contributed by atoms with E-state index in [-0.39, 0.29) is 12.4 Å². The largest absolute Gasteiger partial charge is 0.496 e. The minimum absolute atomic E-state index is 0.0252. The molecule has 0 saturated heterocycles. The summed E-state index contributed by atoms with van der Waals surface area (Å²) in [6.45, 7) is -0.0252. The van der Waals surface area contributed by atoms with Gasteiger partial charge in [0.05, 0.1) is 18.2 Å². The van der Waals surface area contributed by atoms with E-state index in [1.54, 1.807) is 49.6 Å². The minimum Gasteiger partial charge on any atom is -0.496 e. The van der Waals surface area contributed by atoms with E-state index < -0.39 is 0 Å². The first-order valence-electron chi connectivity index (χ1n) is 5.73. The summed E-state index contributed by atoms with van der Waals surface area (Å²) >= 11 is 3.36. The highest BCUT2D eigenvalue weighted by atomic mass is 79.9. The number of benzene rings is 2. The highest BCUT2D eigenvalue weighted by molar-refractivity contribution is 9.10. The van der Waals surface area contributed by atoms with E-state index in [9.17, 15) is 4.79 Å². The smallest absolute Gasteiger partial charge is 0.193 e. The number of hydrogen-bond donors (Lipinski definition) is 1. The Labute approximate surface area is 120 Å². The zero-order chi connectivity index (χ0) is 13.8. The van der Waals surface area contributed by atoms with Gasteiger partial charge in [-0.1, -0.05) is 24.3 Å². The van der Waals surface area contributed by atoms with Crippen LogP contribution in [0.5, 0.6) is 5.75 Å². The fourth-order valence-corrected chi connectivity index (χ4v) is 2.28. The lowest BCUT2D eigenvalue weighted by atomic mass is 10.0. The second kappa shape index (κ2) is 5.99. The van der Waals surface area contributed by atoms with E-state index in [0.29, 0.717) is 16.9 Å². The zero-order valence-electron chi connectivity index (χ0n) is 10.4. The molecular formula is C15H13BrO3. The molecule has 0 atom stereocenters. The molecule has 0 unspecified atom stereocenters. The van der Waals surface area contributed by atoms with Crippen molar-refractivity contribution in [1.82, 2.24) is 0 Å². The third-order valence-electron chi connectivity index (χ3n) is 2.81. The van der Waals surface area contributed by atoms with E-state index in [0.717, 1.165) is 10.0 Å². The molecule has 4 heteroatoms. The molecule has 0 aromatic heterocycles. The molecule has 0 heterocycles. The Hall–Kier alpha value is -1.65. The van der Waals surface area contributed by atoms with E-state index >= 15 is 0 Å². The normalized spacial score (nSPS) is 10.3. The van der Waals surface area contributed by atoms with Gasteiger partial charge in [0.2, 0.25) is 0 Å². The van der Waals surface area contributed by atoms with Gasteiger partial charge in [-0.3, -0.25) is 4.79 Å². The Morgan fingerprint density at radius 2 is 1.79 bits per heavy atom. The number of aliphatic hydroxyl groups excluding tert-OH is 1. The maximum Gasteiger partial charge on any atom is 0.193 e. The quantitative estimate of drug-likeness (QED) is 0.880. The topological polar surface area (TPSA) is 46.5 Å². The molecule has 0 radical (unpaired) electrons. The van der Waals surface area contributed by atoms with Crippen LogP contribution in [-0.4, -0.2) is 18.0 Å². The van der Waals surface area contributed by atoms with Crippen molar-refractivity contribution in [3.63, 3.8) is 0 Å². The standard InChI is InChI=1S/C15H13BrO3/c1-19-14-7-6-12(8-13(14)16)15(18)11-4-2-10(9-17)3-5-11/h2-8,17H,9H2,1H3. The minimum atomic E-state index is -0.0622. The average molecular weight is 321 g/mol. The number of carbonyl (C=O) groups excluding carboxylic acids is 1. The molecule has 19 heavy (non-hydrogen) atoms. The number of hydrogen-bond acceptors (Lipinski definition) is 3. The summed E-state index contributed by atoms with van der Waals surface area (Å²) in [5, 5.41) is 8.97. The summed E-state index contributed by atoms with van der Waals surface area (Å²) in [4.78, 5) is 12.3. The van der Waals surface area contributed by atoms with E-state index in [1.807, 2.05) is 0 Å². The molecule has 1 N–H and O–H groups in total. The molecule has 0 aliphatic rings. The molecule has 0 bridgehead atoms. The lowest BCUT2D eigenvalue weighted by molar-refractivity contribution is 0.103. The van der Waals surface area contributed by atoms with Gasteiger partial charge in [-0.2, -0.15) is 0 Å². The second-order valence-corrected chi connectivity index (χ2v) is 4.89. The third kappa shape index (κ3) is 3.03. The Kier molecular flexibility index (Phi) is 4.35. The lowest BCUT2D eigenvalue weighted by Crippen LogP contribution is -2.02. The summed E-state index contributed by atoms with van der Waals surface area (Å²) in [5.74, 6) is 0.625. The molecule has 98 valence electrons. The van der Waals surface area contributed by atoms with E-state index in [2.05, 4.69) is 15.9 Å². The first-order valence-corrected chi connectivity index (χ1v) is 6.53. The summed E-state index contributed by atoms with van der Waals surface area (Å²) in [6, 6.07) is 12.1. The van der Waals surface area contributed by atoms with Gasteiger partial charge in [-0.05, 0) is 39.7 Å². The Bertz CT molecular complexity index is 591. The van der Waals surface area contributed by atoms with Crippen LogP contribution in [0.15, 0.2) is 46.9 Å². The summed E-state index contributed by atoms with van der Waals surface area (Å²) < 4.78 is 5.87. The number of halogens is 1. The summed E-state index contributed by atoms with van der Waals surface area (Å²) in [5.41, 5.74) is 1.96. The number of aliphatic hydroxyl groups is 1. The first-order chi connectivity index (χ1) is 9.15. The molecule has 0 spiro atoms. The number of rotatable bonds is 4. The average Bonchev–Trinajstić information content (AvgIpc) is 2.46. The molecular weight excluding hydrogens is 308 g/mol. The fraction of sp³-hybridized carbons (Fsp3) is 0.133. The Morgan fingerprint density at radius 3 is 2.32 bits per heavy atom. The molecule has 2 aromatic rings. The predicted molar refractivity (Wildman–Crippen MR) is 76.5 cm³/mol. The molecule has 2 aromatic carbocycles. The van der Waals surface area contributed by atoms with Crippen LogP contribution >= 0.6 is 15.9 Å². The Balaban J connectivity index is 2.30. The van der Waals surface area contributed by atoms with Crippen LogP contribution in [0.4, 0.5) is 0 Å². The van der Waals surface area contributed by atoms with E-state index in [1.165, 1.54) is 0 Å². The van der Waals surface area contributed by atoms with Crippen molar-refractivity contribution >= 4 is 21.7 Å². The van der Waals surface area contributed by atoms with Crippen LogP contribution in [0, 0.1) is 0 Å². The number of methoxy groups -OCH3 is 1. The molecule has 0 amide bonds. The van der Waals surface area contributed by atoms with Crippen LogP contribution < -0.4 is 4.74 Å². The van der Waals surface area contributed by atoms with Gasteiger partial charge in [-0.25, -0.2) is 0 Å². The molecule has 3 nitrogen and oxygen atoms in total. The van der Waals surface area contributed by atoms with Crippen LogP contribution in [0.25, 0.3) is 0 Å². The molecule has 2 rings (SSSR count). The highest BCUT2D eigenvalue weighted by Crippen LogP contribution is 2.26. The Morgan fingerprint density at radius 1 is 1.16 bits per heavy atom. The predicted octanol–water partition coefficient (Wildman–Crippen LogP) is 3.18. The summed E-state index contributed by atoms with van der Waals surface area (Å²) in [6.07, 6.45) is 0. The third-order valence-corrected chi connectivity index (χ3v) is 3.43. The van der Waals surface area contributed by atoms with Crippen molar-refractivity contribution in [2.75, 3.05) is 7.11 Å². The first kappa shape index (κ1) is 13.8. The van der Waals surface area contributed by atoms with Gasteiger partial charge in [-0.15, -0.1) is 0 Å². The van der Waals surface area contributed by atoms with Gasteiger partial charge in [0.25, 0.3) is 0 Å². The van der Waals surface area contributed by atoms with Crippen molar-refractivity contribution in [2.45, 2.75) is 6.61 Å². The van der Waals surface area contributed by atoms with Crippen molar-refractivity contribution in [1.29, 1.82) is 0 Å². The lowest BCUT2D eigenvalue weighted by Gasteiger charge is -2.06. The van der Waals surface area contributed by atoms with Crippen molar-refractivity contribution in [3.05, 3.63) is 63.6 Å². The van der Waals surface area contributed by atoms with E-state index in [4.69, 9.17) is 9.84 Å². The van der Waals surface area contributed by atoms with Crippen molar-refractivity contribution in [2.24, 2.45) is 0 Å². The second-order valence-electron chi connectivity index (χ2n) is 4.03. The van der Waals surface area contributed by atoms with Crippen LogP contribution in [0.3, 0.4) is 0 Å². The van der Waals surface area contributed by atoms with Gasteiger partial charge < -0.3 is 9.84 Å². The SMILES string of the molecule is COc1ccc(C(=O)c2ccc(CO)cc2)cc1Br. The highest BCUT2D eigenvalue weighted by Gasteiger charge is 2.11. The van der Waals surface area contributed by atoms with Crippen LogP contribution in [0.1, 0.15) is 21.5 Å².